The Labute approximate surface area is 120 Å². The highest BCUT2D eigenvalue weighted by molar-refractivity contribution is 5.34. The van der Waals surface area contributed by atoms with Crippen LogP contribution in [0.1, 0.15) is 43.1 Å². The van der Waals surface area contributed by atoms with E-state index in [9.17, 15) is 5.11 Å². The van der Waals surface area contributed by atoms with E-state index < -0.39 is 5.60 Å². The molecule has 3 rings (SSSR count). The molecule has 106 valence electrons. The molecule has 1 aromatic carbocycles. The summed E-state index contributed by atoms with van der Waals surface area (Å²) in [6.45, 7) is 3.00. The summed E-state index contributed by atoms with van der Waals surface area (Å²) in [5.41, 5.74) is 1.62. The van der Waals surface area contributed by atoms with E-state index in [4.69, 9.17) is 0 Å². The summed E-state index contributed by atoms with van der Waals surface area (Å²) in [5, 5.41) is 11.2. The third-order valence-corrected chi connectivity index (χ3v) is 4.40. The minimum Gasteiger partial charge on any atom is -0.385 e. The zero-order valence-electron chi connectivity index (χ0n) is 12.0. The molecule has 1 aromatic heterocycles. The van der Waals surface area contributed by atoms with E-state index >= 15 is 0 Å². The minimum absolute atomic E-state index is 0.602. The van der Waals surface area contributed by atoms with Crippen molar-refractivity contribution in [2.24, 2.45) is 0 Å². The molecule has 3 heteroatoms. The normalized spacial score (nSPS) is 22.3. The van der Waals surface area contributed by atoms with Gasteiger partial charge >= 0.3 is 0 Å². The van der Waals surface area contributed by atoms with Gasteiger partial charge in [0.15, 0.2) is 0 Å². The summed E-state index contributed by atoms with van der Waals surface area (Å²) in [7, 11) is 0. The van der Waals surface area contributed by atoms with Crippen LogP contribution < -0.4 is 0 Å². The Morgan fingerprint density at radius 1 is 1.30 bits per heavy atom. The molecule has 3 nitrogen and oxygen atoms in total. The summed E-state index contributed by atoms with van der Waals surface area (Å²) < 4.78 is 2.12. The number of aromatic nitrogens is 2. The quantitative estimate of drug-likeness (QED) is 0.870. The van der Waals surface area contributed by atoms with Gasteiger partial charge in [0.2, 0.25) is 0 Å². The molecule has 1 heterocycles. The van der Waals surface area contributed by atoms with Gasteiger partial charge < -0.3 is 9.67 Å². The largest absolute Gasteiger partial charge is 0.385 e. The zero-order chi connectivity index (χ0) is 14.0. The summed E-state index contributed by atoms with van der Waals surface area (Å²) in [6.07, 6.45) is 8.53. The third-order valence-electron chi connectivity index (χ3n) is 4.40. The lowest BCUT2D eigenvalue weighted by Gasteiger charge is -2.29. The van der Waals surface area contributed by atoms with Crippen molar-refractivity contribution < 1.29 is 5.11 Å². The third kappa shape index (κ3) is 2.38. The summed E-state index contributed by atoms with van der Waals surface area (Å²) in [5.74, 6) is 0.978. The highest BCUT2D eigenvalue weighted by Crippen LogP contribution is 2.36. The van der Waals surface area contributed by atoms with Gasteiger partial charge in [0.1, 0.15) is 5.82 Å². The molecule has 1 N–H and O–H groups in total. The highest BCUT2D eigenvalue weighted by Gasteiger charge is 2.34. The Balaban J connectivity index is 1.98. The van der Waals surface area contributed by atoms with E-state index in [1.807, 2.05) is 18.5 Å². The van der Waals surface area contributed by atoms with Gasteiger partial charge in [-0.1, -0.05) is 24.3 Å². The first-order chi connectivity index (χ1) is 9.73. The molecular weight excluding hydrogens is 248 g/mol. The molecule has 0 amide bonds. The fraction of sp³-hybridized carbons (Fsp3) is 0.471. The Morgan fingerprint density at radius 3 is 3.00 bits per heavy atom. The van der Waals surface area contributed by atoms with Gasteiger partial charge in [0.05, 0.1) is 5.60 Å². The molecule has 1 aliphatic carbocycles. The number of aliphatic hydroxyl groups is 1. The van der Waals surface area contributed by atoms with E-state index in [1.165, 1.54) is 5.56 Å². The summed E-state index contributed by atoms with van der Waals surface area (Å²) in [6, 6.07) is 8.33. The van der Waals surface area contributed by atoms with Crippen molar-refractivity contribution >= 4 is 0 Å². The lowest BCUT2D eigenvalue weighted by molar-refractivity contribution is 0.0244. The van der Waals surface area contributed by atoms with Crippen LogP contribution in [0.15, 0.2) is 36.7 Å². The molecule has 0 bridgehead atoms. The molecule has 0 saturated carbocycles. The number of nitrogens with zero attached hydrogens (tertiary/aromatic N) is 2. The van der Waals surface area contributed by atoms with E-state index in [0.29, 0.717) is 6.42 Å². The van der Waals surface area contributed by atoms with Crippen LogP contribution >= 0.6 is 0 Å². The summed E-state index contributed by atoms with van der Waals surface area (Å²) >= 11 is 0. The number of imidazole rings is 1. The number of benzene rings is 1. The maximum absolute atomic E-state index is 11.2. The van der Waals surface area contributed by atoms with E-state index in [1.54, 1.807) is 0 Å². The van der Waals surface area contributed by atoms with Crippen molar-refractivity contribution in [3.05, 3.63) is 53.6 Å². The van der Waals surface area contributed by atoms with Crippen molar-refractivity contribution in [1.29, 1.82) is 0 Å². The van der Waals surface area contributed by atoms with Crippen LogP contribution in [0.2, 0.25) is 0 Å². The molecule has 0 aliphatic heterocycles. The van der Waals surface area contributed by atoms with Crippen LogP contribution in [0, 0.1) is 0 Å². The first-order valence-corrected chi connectivity index (χ1v) is 7.54. The van der Waals surface area contributed by atoms with Gasteiger partial charge in [-0.25, -0.2) is 4.98 Å². The molecule has 20 heavy (non-hydrogen) atoms. The van der Waals surface area contributed by atoms with E-state index in [2.05, 4.69) is 34.7 Å². The molecule has 0 fully saturated rings. The Kier molecular flexibility index (Phi) is 3.62. The Hall–Kier alpha value is -1.61. The first-order valence-electron chi connectivity index (χ1n) is 7.54. The molecule has 0 radical (unpaired) electrons. The topological polar surface area (TPSA) is 38.0 Å². The maximum Gasteiger partial charge on any atom is 0.111 e. The van der Waals surface area contributed by atoms with Crippen molar-refractivity contribution in [2.75, 3.05) is 0 Å². The predicted octanol–water partition coefficient (Wildman–Crippen LogP) is 3.06. The van der Waals surface area contributed by atoms with Gasteiger partial charge in [-0.05, 0) is 43.7 Å². The lowest BCUT2D eigenvalue weighted by atomic mass is 9.85. The Bertz CT molecular complexity index is 590. The van der Waals surface area contributed by atoms with Crippen molar-refractivity contribution in [1.82, 2.24) is 9.55 Å². The fourth-order valence-electron chi connectivity index (χ4n) is 3.30. The van der Waals surface area contributed by atoms with Crippen molar-refractivity contribution in [2.45, 2.75) is 51.2 Å². The van der Waals surface area contributed by atoms with Gasteiger partial charge in [0, 0.05) is 25.4 Å². The van der Waals surface area contributed by atoms with Crippen LogP contribution in [0.4, 0.5) is 0 Å². The van der Waals surface area contributed by atoms with Crippen molar-refractivity contribution in [3.8, 4) is 0 Å². The van der Waals surface area contributed by atoms with E-state index in [-0.39, 0.29) is 0 Å². The predicted molar refractivity (Wildman–Crippen MR) is 79.5 cm³/mol. The molecule has 2 aromatic rings. The second kappa shape index (κ2) is 5.41. The lowest BCUT2D eigenvalue weighted by Crippen LogP contribution is -2.30. The van der Waals surface area contributed by atoms with E-state index in [0.717, 1.165) is 43.6 Å². The molecule has 0 saturated heterocycles. The SMILES string of the molecule is CCn1ccnc1CC1(O)CCCCc2ccccc21. The second-order valence-corrected chi connectivity index (χ2v) is 5.70. The van der Waals surface area contributed by atoms with Crippen LogP contribution in [-0.4, -0.2) is 14.7 Å². The number of hydrogen-bond donors (Lipinski definition) is 1. The Morgan fingerprint density at radius 2 is 2.15 bits per heavy atom. The number of rotatable bonds is 3. The van der Waals surface area contributed by atoms with Crippen LogP contribution in [0.25, 0.3) is 0 Å². The molecular formula is C17H22N2O. The molecule has 1 atom stereocenters. The fourth-order valence-corrected chi connectivity index (χ4v) is 3.30. The minimum atomic E-state index is -0.772. The van der Waals surface area contributed by atoms with Gasteiger partial charge in [-0.15, -0.1) is 0 Å². The highest BCUT2D eigenvalue weighted by atomic mass is 16.3. The van der Waals surface area contributed by atoms with Crippen LogP contribution in [-0.2, 0) is 25.0 Å². The summed E-state index contributed by atoms with van der Waals surface area (Å²) in [4.78, 5) is 4.43. The van der Waals surface area contributed by atoms with Gasteiger partial charge in [-0.3, -0.25) is 0 Å². The monoisotopic (exact) mass is 270 g/mol. The molecule has 0 spiro atoms. The smallest absolute Gasteiger partial charge is 0.111 e. The zero-order valence-corrected chi connectivity index (χ0v) is 12.0. The van der Waals surface area contributed by atoms with Gasteiger partial charge in [-0.2, -0.15) is 0 Å². The maximum atomic E-state index is 11.2. The first kappa shape index (κ1) is 13.4. The van der Waals surface area contributed by atoms with Crippen LogP contribution in [0.5, 0.6) is 0 Å². The standard InChI is InChI=1S/C17H22N2O/c1-2-19-12-11-18-16(19)13-17(20)10-6-5-8-14-7-3-4-9-15(14)17/h3-4,7,9,11-12,20H,2,5-6,8,10,13H2,1H3. The van der Waals surface area contributed by atoms with Crippen LogP contribution in [0.3, 0.4) is 0 Å². The number of aryl methyl sites for hydroxylation is 2. The van der Waals surface area contributed by atoms with Gasteiger partial charge in [0.25, 0.3) is 0 Å². The number of fused-ring (bicyclic) bond motifs is 1. The number of hydrogen-bond acceptors (Lipinski definition) is 2. The average molecular weight is 270 g/mol. The van der Waals surface area contributed by atoms with Crippen molar-refractivity contribution in [3.63, 3.8) is 0 Å². The molecule has 1 unspecified atom stereocenters. The molecule has 1 aliphatic rings. The average Bonchev–Trinajstić information content (AvgIpc) is 2.83. The second-order valence-electron chi connectivity index (χ2n) is 5.70.